The zero-order valence-corrected chi connectivity index (χ0v) is 14.3. The molecule has 1 saturated heterocycles. The van der Waals surface area contributed by atoms with Gasteiger partial charge in [-0.15, -0.1) is 0 Å². The van der Waals surface area contributed by atoms with Crippen LogP contribution in [0.15, 0.2) is 18.2 Å². The number of aromatic nitrogens is 2. The summed E-state index contributed by atoms with van der Waals surface area (Å²) in [5.41, 5.74) is 3.48. The highest BCUT2D eigenvalue weighted by molar-refractivity contribution is 5.94. The van der Waals surface area contributed by atoms with Crippen molar-refractivity contribution in [3.8, 4) is 11.8 Å². The molecule has 1 amide bonds. The van der Waals surface area contributed by atoms with Crippen molar-refractivity contribution in [1.29, 1.82) is 5.26 Å². The third kappa shape index (κ3) is 3.64. The number of phenolic OH excluding ortho intramolecular Hbond substituents is 1. The summed E-state index contributed by atoms with van der Waals surface area (Å²) in [6.45, 7) is 6.07. The van der Waals surface area contributed by atoms with Crippen LogP contribution in [0.3, 0.4) is 0 Å². The van der Waals surface area contributed by atoms with E-state index < -0.39 is 0 Å². The van der Waals surface area contributed by atoms with Crippen molar-refractivity contribution >= 4 is 5.91 Å². The van der Waals surface area contributed by atoms with Crippen molar-refractivity contribution < 1.29 is 9.90 Å². The fourth-order valence-corrected chi connectivity index (χ4v) is 3.08. The summed E-state index contributed by atoms with van der Waals surface area (Å²) < 4.78 is 0. The fourth-order valence-electron chi connectivity index (χ4n) is 3.08. The van der Waals surface area contributed by atoms with Gasteiger partial charge in [0, 0.05) is 36.9 Å². The predicted octanol–water partition coefficient (Wildman–Crippen LogP) is 1.61. The molecule has 3 N–H and O–H groups in total. The first-order valence-electron chi connectivity index (χ1n) is 8.24. The first kappa shape index (κ1) is 17.0. The van der Waals surface area contributed by atoms with E-state index in [2.05, 4.69) is 20.4 Å². The van der Waals surface area contributed by atoms with Gasteiger partial charge in [0.15, 0.2) is 5.69 Å². The van der Waals surface area contributed by atoms with Crippen molar-refractivity contribution in [2.24, 2.45) is 0 Å². The van der Waals surface area contributed by atoms with Gasteiger partial charge in [-0.05, 0) is 38.0 Å². The summed E-state index contributed by atoms with van der Waals surface area (Å²) in [5, 5.41) is 28.5. The first-order valence-corrected chi connectivity index (χ1v) is 8.24. The fraction of sp³-hybridized carbons (Fsp3) is 0.389. The second kappa shape index (κ2) is 6.95. The third-order valence-corrected chi connectivity index (χ3v) is 4.66. The molecule has 7 heteroatoms. The molecule has 1 unspecified atom stereocenters. The van der Waals surface area contributed by atoms with Crippen molar-refractivity contribution in [2.75, 3.05) is 13.1 Å². The highest BCUT2D eigenvalue weighted by Gasteiger charge is 2.25. The van der Waals surface area contributed by atoms with E-state index >= 15 is 0 Å². The number of amides is 1. The van der Waals surface area contributed by atoms with Gasteiger partial charge in [-0.25, -0.2) is 0 Å². The van der Waals surface area contributed by atoms with Crippen LogP contribution >= 0.6 is 0 Å². The summed E-state index contributed by atoms with van der Waals surface area (Å²) in [6, 6.07) is 7.14. The summed E-state index contributed by atoms with van der Waals surface area (Å²) in [5.74, 6) is -0.146. The van der Waals surface area contributed by atoms with Crippen molar-refractivity contribution in [2.45, 2.75) is 32.9 Å². The molecule has 0 spiro atoms. The van der Waals surface area contributed by atoms with Crippen LogP contribution in [0.5, 0.6) is 5.75 Å². The Morgan fingerprint density at radius 3 is 3.00 bits per heavy atom. The largest absolute Gasteiger partial charge is 0.507 e. The van der Waals surface area contributed by atoms with Crippen LogP contribution in [0.1, 0.15) is 39.3 Å². The lowest BCUT2D eigenvalue weighted by Gasteiger charge is -2.17. The number of phenols is 1. The third-order valence-electron chi connectivity index (χ3n) is 4.66. The van der Waals surface area contributed by atoms with Crippen LogP contribution in [0.2, 0.25) is 0 Å². The van der Waals surface area contributed by atoms with Crippen molar-refractivity contribution in [3.63, 3.8) is 0 Å². The summed E-state index contributed by atoms with van der Waals surface area (Å²) in [7, 11) is 0. The number of likely N-dealkylation sites (tertiary alicyclic amines) is 1. The lowest BCUT2D eigenvalue weighted by atomic mass is 10.1. The number of hydrogen-bond donors (Lipinski definition) is 3. The van der Waals surface area contributed by atoms with Gasteiger partial charge in [-0.1, -0.05) is 6.07 Å². The molecule has 2 aromatic rings. The van der Waals surface area contributed by atoms with E-state index in [1.165, 1.54) is 0 Å². The molecular formula is C18H21N5O2. The Morgan fingerprint density at radius 1 is 1.52 bits per heavy atom. The SMILES string of the molecule is Cc1[nH]nc(C(=O)NC2CCN(Cc3ccc(O)c(C#N)c3)C2)c1C. The lowest BCUT2D eigenvalue weighted by molar-refractivity contribution is 0.0932. The number of aromatic amines is 1. The number of carbonyl (C=O) groups is 1. The maximum absolute atomic E-state index is 12.3. The molecule has 0 saturated carbocycles. The number of nitriles is 1. The van der Waals surface area contributed by atoms with Gasteiger partial charge >= 0.3 is 0 Å². The number of carbonyl (C=O) groups excluding carboxylic acids is 1. The van der Waals surface area contributed by atoms with Crippen LogP contribution in [0.25, 0.3) is 0 Å². The smallest absolute Gasteiger partial charge is 0.272 e. The average molecular weight is 339 g/mol. The van der Waals surface area contributed by atoms with E-state index in [4.69, 9.17) is 5.26 Å². The van der Waals surface area contributed by atoms with Crippen molar-refractivity contribution in [3.05, 3.63) is 46.3 Å². The van der Waals surface area contributed by atoms with E-state index in [1.54, 1.807) is 12.1 Å². The molecule has 1 aromatic heterocycles. The standard InChI is InChI=1S/C18H21N5O2/c1-11-12(2)21-22-17(11)18(25)20-15-5-6-23(10-15)9-13-3-4-16(24)14(7-13)8-19/h3-4,7,15,24H,5-6,9-10H2,1-2H3,(H,20,25)(H,21,22). The van der Waals surface area contributed by atoms with E-state index in [-0.39, 0.29) is 23.3 Å². The number of benzene rings is 1. The molecule has 0 radical (unpaired) electrons. The van der Waals surface area contributed by atoms with Crippen LogP contribution in [-0.2, 0) is 6.54 Å². The lowest BCUT2D eigenvalue weighted by Crippen LogP contribution is -2.37. The Hall–Kier alpha value is -2.85. The Labute approximate surface area is 146 Å². The van der Waals surface area contributed by atoms with Gasteiger partial charge in [-0.3, -0.25) is 14.8 Å². The number of rotatable bonds is 4. The highest BCUT2D eigenvalue weighted by Crippen LogP contribution is 2.20. The quantitative estimate of drug-likeness (QED) is 0.785. The zero-order chi connectivity index (χ0) is 18.0. The topological polar surface area (TPSA) is 105 Å². The van der Waals surface area contributed by atoms with E-state index in [0.29, 0.717) is 12.2 Å². The maximum Gasteiger partial charge on any atom is 0.272 e. The number of nitrogens with zero attached hydrogens (tertiary/aromatic N) is 3. The molecule has 25 heavy (non-hydrogen) atoms. The molecule has 1 aliphatic rings. The van der Waals surface area contributed by atoms with Gasteiger partial charge in [-0.2, -0.15) is 10.4 Å². The number of hydrogen-bond acceptors (Lipinski definition) is 5. The van der Waals surface area contributed by atoms with Crippen molar-refractivity contribution in [1.82, 2.24) is 20.4 Å². The van der Waals surface area contributed by atoms with Crippen LogP contribution in [0.4, 0.5) is 0 Å². The molecule has 7 nitrogen and oxygen atoms in total. The molecule has 3 rings (SSSR count). The highest BCUT2D eigenvalue weighted by atomic mass is 16.3. The molecule has 1 aromatic carbocycles. The molecule has 2 heterocycles. The summed E-state index contributed by atoms with van der Waals surface area (Å²) >= 11 is 0. The summed E-state index contributed by atoms with van der Waals surface area (Å²) in [6.07, 6.45) is 0.872. The first-order chi connectivity index (χ1) is 12.0. The van der Waals surface area contributed by atoms with Gasteiger partial charge in [0.1, 0.15) is 11.8 Å². The molecule has 0 bridgehead atoms. The Balaban J connectivity index is 1.58. The van der Waals surface area contributed by atoms with E-state index in [0.717, 1.165) is 36.3 Å². The minimum absolute atomic E-state index is 0.00229. The summed E-state index contributed by atoms with van der Waals surface area (Å²) in [4.78, 5) is 14.6. The van der Waals surface area contributed by atoms with E-state index in [9.17, 15) is 9.90 Å². The van der Waals surface area contributed by atoms with Gasteiger partial charge in [0.05, 0.1) is 5.56 Å². The van der Waals surface area contributed by atoms with Crippen LogP contribution in [0, 0.1) is 25.2 Å². The number of H-pyrrole nitrogens is 1. The van der Waals surface area contributed by atoms with E-state index in [1.807, 2.05) is 26.0 Å². The molecule has 1 atom stereocenters. The molecule has 0 aliphatic carbocycles. The normalized spacial score (nSPS) is 17.4. The molecular weight excluding hydrogens is 318 g/mol. The van der Waals surface area contributed by atoms with Crippen LogP contribution in [-0.4, -0.2) is 45.2 Å². The molecule has 130 valence electrons. The second-order valence-electron chi connectivity index (χ2n) is 6.48. The number of nitrogens with one attached hydrogen (secondary N) is 2. The monoisotopic (exact) mass is 339 g/mol. The minimum atomic E-state index is -0.148. The van der Waals surface area contributed by atoms with Gasteiger partial charge < -0.3 is 10.4 Å². The maximum atomic E-state index is 12.3. The second-order valence-corrected chi connectivity index (χ2v) is 6.48. The minimum Gasteiger partial charge on any atom is -0.507 e. The van der Waals surface area contributed by atoms with Crippen LogP contribution < -0.4 is 5.32 Å². The Kier molecular flexibility index (Phi) is 4.72. The average Bonchev–Trinajstić information content (AvgIpc) is 3.16. The molecule has 1 fully saturated rings. The number of aryl methyl sites for hydroxylation is 1. The van der Waals surface area contributed by atoms with Gasteiger partial charge in [0.25, 0.3) is 5.91 Å². The zero-order valence-electron chi connectivity index (χ0n) is 14.3. The molecule has 1 aliphatic heterocycles. The predicted molar refractivity (Wildman–Crippen MR) is 92.0 cm³/mol. The Morgan fingerprint density at radius 2 is 2.32 bits per heavy atom. The van der Waals surface area contributed by atoms with Gasteiger partial charge in [0.2, 0.25) is 0 Å². The number of aromatic hydroxyl groups is 1. The Bertz CT molecular complexity index is 836.